The van der Waals surface area contributed by atoms with Gasteiger partial charge in [-0.05, 0) is 17.7 Å². The molecule has 1 aromatic rings. The molecule has 0 heterocycles. The minimum Gasteiger partial charge on any atom is -0.399 e. The third kappa shape index (κ3) is 3.60. The first-order valence-corrected chi connectivity index (χ1v) is 5.92. The second-order valence-corrected chi connectivity index (χ2v) is 4.19. The number of rotatable bonds is 5. The van der Waals surface area contributed by atoms with Crippen molar-refractivity contribution in [3.63, 3.8) is 0 Å². The van der Waals surface area contributed by atoms with E-state index in [1.807, 2.05) is 24.1 Å². The third-order valence-electron chi connectivity index (χ3n) is 2.10. The Labute approximate surface area is 90.6 Å². The molecule has 0 aliphatic heterocycles. The highest BCUT2D eigenvalue weighted by Crippen LogP contribution is 2.17. The van der Waals surface area contributed by atoms with Gasteiger partial charge in [-0.25, -0.2) is 0 Å². The van der Waals surface area contributed by atoms with Gasteiger partial charge in [0.25, 0.3) is 0 Å². The van der Waals surface area contributed by atoms with Gasteiger partial charge in [-0.1, -0.05) is 37.9 Å². The highest BCUT2D eigenvalue weighted by atomic mass is 32.2. The average Bonchev–Trinajstić information content (AvgIpc) is 2.22. The van der Waals surface area contributed by atoms with Gasteiger partial charge in [-0.15, -0.1) is 0 Å². The largest absolute Gasteiger partial charge is 0.399 e. The summed E-state index contributed by atoms with van der Waals surface area (Å²) in [5.74, 6) is 1.03. The topological polar surface area (TPSA) is 29.3 Å². The first-order chi connectivity index (χ1) is 6.76. The molecule has 78 valence electrons. The van der Waals surface area contributed by atoms with Gasteiger partial charge in [-0.3, -0.25) is 4.31 Å². The second kappa shape index (κ2) is 5.94. The smallest absolute Gasteiger partial charge is 0.0332 e. The van der Waals surface area contributed by atoms with E-state index in [1.54, 1.807) is 0 Å². The van der Waals surface area contributed by atoms with Crippen molar-refractivity contribution in [2.75, 3.05) is 18.8 Å². The molecule has 0 aliphatic carbocycles. The van der Waals surface area contributed by atoms with Crippen LogP contribution in [0.1, 0.15) is 19.4 Å². The molecule has 0 saturated heterocycles. The maximum Gasteiger partial charge on any atom is 0.0332 e. The first-order valence-electron chi connectivity index (χ1n) is 4.98. The van der Waals surface area contributed by atoms with E-state index < -0.39 is 0 Å². The van der Waals surface area contributed by atoms with Gasteiger partial charge in [0.1, 0.15) is 0 Å². The molecule has 0 spiro atoms. The normalized spacial score (nSPS) is 10.8. The lowest BCUT2D eigenvalue weighted by Crippen LogP contribution is -2.13. The van der Waals surface area contributed by atoms with E-state index >= 15 is 0 Å². The predicted molar refractivity (Wildman–Crippen MR) is 65.1 cm³/mol. The molecule has 0 aromatic heterocycles. The molecule has 1 aromatic carbocycles. The van der Waals surface area contributed by atoms with Crippen molar-refractivity contribution >= 4 is 17.6 Å². The summed E-state index contributed by atoms with van der Waals surface area (Å²) in [4.78, 5) is 0. The van der Waals surface area contributed by atoms with Crippen LogP contribution in [0.5, 0.6) is 0 Å². The number of nitrogens with zero attached hydrogens (tertiary/aromatic N) is 1. The van der Waals surface area contributed by atoms with E-state index in [1.165, 1.54) is 5.56 Å². The average molecular weight is 210 g/mol. The van der Waals surface area contributed by atoms with Crippen LogP contribution in [-0.2, 0) is 5.75 Å². The molecule has 3 heteroatoms. The fraction of sp³-hybridized carbons (Fsp3) is 0.455. The Balaban J connectivity index is 2.41. The van der Waals surface area contributed by atoms with Crippen LogP contribution in [0.4, 0.5) is 5.69 Å². The molecule has 0 saturated carbocycles. The van der Waals surface area contributed by atoms with E-state index in [0.29, 0.717) is 0 Å². The van der Waals surface area contributed by atoms with Crippen molar-refractivity contribution in [3.8, 4) is 0 Å². The molecule has 0 amide bonds. The molecule has 2 nitrogen and oxygen atoms in total. The van der Waals surface area contributed by atoms with Gasteiger partial charge in [-0.2, -0.15) is 0 Å². The maximum absolute atomic E-state index is 5.62. The fourth-order valence-electron chi connectivity index (χ4n) is 1.19. The molecule has 0 fully saturated rings. The maximum atomic E-state index is 5.62. The molecule has 0 atom stereocenters. The Morgan fingerprint density at radius 3 is 2.21 bits per heavy atom. The van der Waals surface area contributed by atoms with E-state index in [-0.39, 0.29) is 0 Å². The molecular formula is C11H18N2S. The van der Waals surface area contributed by atoms with Crippen LogP contribution < -0.4 is 5.73 Å². The van der Waals surface area contributed by atoms with Crippen molar-refractivity contribution in [3.05, 3.63) is 29.8 Å². The highest BCUT2D eigenvalue weighted by Gasteiger charge is 2.00. The SMILES string of the molecule is CCN(CC)SCc1ccc(N)cc1. The van der Waals surface area contributed by atoms with Crippen LogP contribution in [0, 0.1) is 0 Å². The van der Waals surface area contributed by atoms with Crippen LogP contribution >= 0.6 is 11.9 Å². The third-order valence-corrected chi connectivity index (χ3v) is 3.44. The molecule has 0 aliphatic rings. The Morgan fingerprint density at radius 1 is 1.14 bits per heavy atom. The molecule has 0 radical (unpaired) electrons. The van der Waals surface area contributed by atoms with Crippen molar-refractivity contribution in [1.82, 2.24) is 4.31 Å². The summed E-state index contributed by atoms with van der Waals surface area (Å²) in [6, 6.07) is 8.09. The van der Waals surface area contributed by atoms with Crippen LogP contribution in [0.25, 0.3) is 0 Å². The number of anilines is 1. The number of hydrogen-bond acceptors (Lipinski definition) is 3. The Bertz CT molecular complexity index is 254. The van der Waals surface area contributed by atoms with Gasteiger partial charge in [0, 0.05) is 24.5 Å². The zero-order valence-corrected chi connectivity index (χ0v) is 9.68. The Morgan fingerprint density at radius 2 is 1.71 bits per heavy atom. The summed E-state index contributed by atoms with van der Waals surface area (Å²) in [5, 5.41) is 0. The number of nitrogen functional groups attached to an aromatic ring is 1. The van der Waals surface area contributed by atoms with Gasteiger partial charge in [0.15, 0.2) is 0 Å². The molecule has 2 N–H and O–H groups in total. The summed E-state index contributed by atoms with van der Waals surface area (Å²) < 4.78 is 2.34. The second-order valence-electron chi connectivity index (χ2n) is 3.13. The predicted octanol–water partition coefficient (Wildman–Crippen LogP) is 2.76. The van der Waals surface area contributed by atoms with Crippen molar-refractivity contribution in [2.45, 2.75) is 19.6 Å². The number of hydrogen-bond donors (Lipinski definition) is 1. The summed E-state index contributed by atoms with van der Waals surface area (Å²) >= 11 is 1.87. The number of nitrogens with two attached hydrogens (primary N) is 1. The summed E-state index contributed by atoms with van der Waals surface area (Å²) in [6.07, 6.45) is 0. The van der Waals surface area contributed by atoms with Gasteiger partial charge in [0.2, 0.25) is 0 Å². The minimum atomic E-state index is 0.835. The van der Waals surface area contributed by atoms with Gasteiger partial charge < -0.3 is 5.73 Å². The highest BCUT2D eigenvalue weighted by molar-refractivity contribution is 7.96. The number of benzene rings is 1. The fourth-order valence-corrected chi connectivity index (χ4v) is 2.08. The molecular weight excluding hydrogens is 192 g/mol. The summed E-state index contributed by atoms with van der Waals surface area (Å²) in [6.45, 7) is 6.55. The zero-order chi connectivity index (χ0) is 10.4. The quantitative estimate of drug-likeness (QED) is 0.598. The van der Waals surface area contributed by atoms with Crippen molar-refractivity contribution < 1.29 is 0 Å². The Kier molecular flexibility index (Phi) is 4.84. The lowest BCUT2D eigenvalue weighted by Gasteiger charge is -2.16. The van der Waals surface area contributed by atoms with Crippen LogP contribution in [0.15, 0.2) is 24.3 Å². The van der Waals surface area contributed by atoms with E-state index in [4.69, 9.17) is 5.73 Å². The Hall–Kier alpha value is -0.670. The molecule has 1 rings (SSSR count). The van der Waals surface area contributed by atoms with Crippen LogP contribution in [0.3, 0.4) is 0 Å². The molecule has 0 bridgehead atoms. The van der Waals surface area contributed by atoms with Gasteiger partial charge in [0.05, 0.1) is 0 Å². The molecule has 14 heavy (non-hydrogen) atoms. The van der Waals surface area contributed by atoms with Crippen molar-refractivity contribution in [1.29, 1.82) is 0 Å². The lowest BCUT2D eigenvalue weighted by molar-refractivity contribution is 0.524. The zero-order valence-electron chi connectivity index (χ0n) is 8.86. The standard InChI is InChI=1S/C11H18N2S/c1-3-13(4-2)14-9-10-5-7-11(12)8-6-10/h5-8H,3-4,9,12H2,1-2H3. The van der Waals surface area contributed by atoms with Crippen LogP contribution in [-0.4, -0.2) is 17.4 Å². The lowest BCUT2D eigenvalue weighted by atomic mass is 10.2. The van der Waals surface area contributed by atoms with Crippen molar-refractivity contribution in [2.24, 2.45) is 0 Å². The van der Waals surface area contributed by atoms with E-state index in [2.05, 4.69) is 30.3 Å². The van der Waals surface area contributed by atoms with E-state index in [0.717, 1.165) is 24.5 Å². The van der Waals surface area contributed by atoms with Crippen LogP contribution in [0.2, 0.25) is 0 Å². The summed E-state index contributed by atoms with van der Waals surface area (Å²) in [7, 11) is 0. The van der Waals surface area contributed by atoms with E-state index in [9.17, 15) is 0 Å². The molecule has 0 unspecified atom stereocenters. The first kappa shape index (κ1) is 11.4. The minimum absolute atomic E-state index is 0.835. The monoisotopic (exact) mass is 210 g/mol. The van der Waals surface area contributed by atoms with Gasteiger partial charge >= 0.3 is 0 Å². The summed E-state index contributed by atoms with van der Waals surface area (Å²) in [5.41, 5.74) is 7.78.